The highest BCUT2D eigenvalue weighted by Gasteiger charge is 2.29. The van der Waals surface area contributed by atoms with Crippen LogP contribution >= 0.6 is 22.9 Å². The monoisotopic (exact) mass is 474 g/mol. The highest BCUT2D eigenvalue weighted by Crippen LogP contribution is 2.40. The number of halogens is 1. The van der Waals surface area contributed by atoms with Crippen LogP contribution in [0.2, 0.25) is 5.02 Å². The van der Waals surface area contributed by atoms with Gasteiger partial charge in [-0.05, 0) is 43.5 Å². The van der Waals surface area contributed by atoms with Crippen LogP contribution in [0.15, 0.2) is 36.7 Å². The van der Waals surface area contributed by atoms with Crippen LogP contribution in [0.5, 0.6) is 5.75 Å². The molecule has 1 aliphatic rings. The molecule has 1 saturated heterocycles. The number of ether oxygens (including phenoxy) is 1. The van der Waals surface area contributed by atoms with Crippen LogP contribution in [0.3, 0.4) is 0 Å². The number of amides is 1. The molecule has 3 aromatic rings. The lowest BCUT2D eigenvalue weighted by Crippen LogP contribution is -2.28. The molecule has 1 fully saturated rings. The molecule has 0 bridgehead atoms. The van der Waals surface area contributed by atoms with E-state index >= 15 is 0 Å². The van der Waals surface area contributed by atoms with Crippen molar-refractivity contribution in [3.8, 4) is 5.75 Å². The van der Waals surface area contributed by atoms with Crippen LogP contribution in [-0.2, 0) is 6.54 Å². The molecule has 0 radical (unpaired) electrons. The van der Waals surface area contributed by atoms with Gasteiger partial charge in [0.2, 0.25) is 5.82 Å². The normalized spacial score (nSPS) is 15.6. The van der Waals surface area contributed by atoms with Crippen molar-refractivity contribution in [2.24, 2.45) is 0 Å². The van der Waals surface area contributed by atoms with Crippen LogP contribution in [-0.4, -0.2) is 45.8 Å². The van der Waals surface area contributed by atoms with Gasteiger partial charge < -0.3 is 15.0 Å². The third-order valence-electron chi connectivity index (χ3n) is 5.21. The van der Waals surface area contributed by atoms with E-state index in [-0.39, 0.29) is 10.8 Å². The maximum Gasteiger partial charge on any atom is 0.320 e. The summed E-state index contributed by atoms with van der Waals surface area (Å²) in [5.74, 6) is 0.145. The van der Waals surface area contributed by atoms with Gasteiger partial charge in [0.1, 0.15) is 5.75 Å². The molecule has 3 heterocycles. The quantitative estimate of drug-likeness (QED) is 0.387. The number of carbonyl (C=O) groups is 1. The van der Waals surface area contributed by atoms with Crippen LogP contribution in [0, 0.1) is 0 Å². The Morgan fingerprint density at radius 1 is 1.41 bits per heavy atom. The molecule has 0 aliphatic carbocycles. The van der Waals surface area contributed by atoms with E-state index in [1.165, 1.54) is 23.7 Å². The summed E-state index contributed by atoms with van der Waals surface area (Å²) in [5, 5.41) is 16.0. The first-order chi connectivity index (χ1) is 15.5. The number of hydrogen-bond acceptors (Lipinski definition) is 9. The van der Waals surface area contributed by atoms with Crippen LogP contribution in [0.25, 0.3) is 0 Å². The number of carbonyl (C=O) groups excluding carboxylic acids is 1. The van der Waals surface area contributed by atoms with E-state index in [0.717, 1.165) is 30.1 Å². The first-order valence-corrected chi connectivity index (χ1v) is 11.3. The molecule has 1 atom stereocenters. The van der Waals surface area contributed by atoms with Crippen molar-refractivity contribution in [1.82, 2.24) is 15.0 Å². The summed E-state index contributed by atoms with van der Waals surface area (Å²) >= 11 is 7.47. The van der Waals surface area contributed by atoms with E-state index in [1.807, 2.05) is 6.07 Å². The van der Waals surface area contributed by atoms with Crippen molar-refractivity contribution in [3.63, 3.8) is 0 Å². The highest BCUT2D eigenvalue weighted by atomic mass is 35.5. The van der Waals surface area contributed by atoms with Crippen LogP contribution < -0.4 is 20.0 Å². The number of thiazole rings is 1. The average molecular weight is 475 g/mol. The maximum absolute atomic E-state index is 12.7. The number of methoxy groups -OCH3 is 1. The summed E-state index contributed by atoms with van der Waals surface area (Å²) < 4.78 is 5.19. The number of aromatic nitrogens is 3. The fourth-order valence-corrected chi connectivity index (χ4v) is 4.86. The summed E-state index contributed by atoms with van der Waals surface area (Å²) in [6, 6.07) is 7.40. The van der Waals surface area contributed by atoms with E-state index in [9.17, 15) is 10.0 Å². The van der Waals surface area contributed by atoms with E-state index < -0.39 is 5.91 Å². The van der Waals surface area contributed by atoms with Crippen molar-refractivity contribution in [2.45, 2.75) is 32.4 Å². The molecular formula is C21H23ClN6O3S. The number of anilines is 3. The number of rotatable bonds is 7. The molecule has 4 rings (SSSR count). The molecule has 32 heavy (non-hydrogen) atoms. The zero-order valence-corrected chi connectivity index (χ0v) is 19.2. The fraction of sp³-hybridized carbons (Fsp3) is 0.333. The van der Waals surface area contributed by atoms with Crippen molar-refractivity contribution in [1.29, 1.82) is 0 Å². The Morgan fingerprint density at radius 3 is 2.84 bits per heavy atom. The minimum absolute atomic E-state index is 0.104. The standard InChI is InChI=1S/C21H23ClN6O3S/c1-13-5-3-10-27(13)21-26-18(25-12-14-6-7-16(31-2)15(22)11-14)20(32-21)28(30)19(29)17-23-8-4-9-24-17/h4,6-9,11,13,25,30H,3,5,10,12H2,1-2H3. The first kappa shape index (κ1) is 22.3. The predicted molar refractivity (Wildman–Crippen MR) is 124 cm³/mol. The van der Waals surface area contributed by atoms with Crippen LogP contribution in [0.1, 0.15) is 35.9 Å². The Kier molecular flexibility index (Phi) is 6.73. The predicted octanol–water partition coefficient (Wildman–Crippen LogP) is 4.23. The van der Waals surface area contributed by atoms with Gasteiger partial charge in [0.15, 0.2) is 16.0 Å². The molecular weight excluding hydrogens is 452 g/mol. The first-order valence-electron chi connectivity index (χ1n) is 10.1. The van der Waals surface area contributed by atoms with Crippen LogP contribution in [0.4, 0.5) is 16.0 Å². The molecule has 1 aliphatic heterocycles. The van der Waals surface area contributed by atoms with Crippen molar-refractivity contribution in [3.05, 3.63) is 53.1 Å². The van der Waals surface area contributed by atoms with Crippen molar-refractivity contribution in [2.75, 3.05) is 28.9 Å². The number of hydroxylamine groups is 1. The van der Waals surface area contributed by atoms with E-state index in [4.69, 9.17) is 21.3 Å². The zero-order chi connectivity index (χ0) is 22.7. The number of nitrogens with one attached hydrogen (secondary N) is 1. The minimum atomic E-state index is -0.731. The van der Waals surface area contributed by atoms with Gasteiger partial charge in [0.25, 0.3) is 0 Å². The lowest BCUT2D eigenvalue weighted by atomic mass is 10.2. The molecule has 0 saturated carbocycles. The van der Waals surface area contributed by atoms with Gasteiger partial charge in [0, 0.05) is 31.5 Å². The number of hydrogen-bond donors (Lipinski definition) is 2. The molecule has 2 N–H and O–H groups in total. The molecule has 1 aromatic carbocycles. The number of benzene rings is 1. The summed E-state index contributed by atoms with van der Waals surface area (Å²) in [5.41, 5.74) is 0.896. The Bertz CT molecular complexity index is 1100. The minimum Gasteiger partial charge on any atom is -0.495 e. The Hall–Kier alpha value is -2.95. The van der Waals surface area contributed by atoms with Crippen molar-refractivity contribution < 1.29 is 14.7 Å². The molecule has 0 spiro atoms. The lowest BCUT2D eigenvalue weighted by Gasteiger charge is -2.19. The van der Waals surface area contributed by atoms with E-state index in [0.29, 0.717) is 34.2 Å². The topological polar surface area (TPSA) is 104 Å². The number of nitrogens with zero attached hydrogens (tertiary/aromatic N) is 5. The SMILES string of the molecule is COc1ccc(CNc2nc(N3CCCC3C)sc2N(O)C(=O)c2ncccn2)cc1Cl. The maximum atomic E-state index is 12.7. The van der Waals surface area contributed by atoms with E-state index in [2.05, 4.69) is 27.1 Å². The molecule has 2 aromatic heterocycles. The van der Waals surface area contributed by atoms with E-state index in [1.54, 1.807) is 25.3 Å². The van der Waals surface area contributed by atoms with Crippen molar-refractivity contribution >= 4 is 44.8 Å². The van der Waals surface area contributed by atoms with Gasteiger partial charge in [-0.15, -0.1) is 0 Å². The average Bonchev–Trinajstić information content (AvgIpc) is 3.43. The van der Waals surface area contributed by atoms with Gasteiger partial charge in [0.05, 0.1) is 12.1 Å². The second-order valence-electron chi connectivity index (χ2n) is 7.35. The summed E-state index contributed by atoms with van der Waals surface area (Å²) in [7, 11) is 1.56. The largest absolute Gasteiger partial charge is 0.495 e. The zero-order valence-electron chi connectivity index (χ0n) is 17.7. The molecule has 168 valence electrons. The van der Waals surface area contributed by atoms with Gasteiger partial charge >= 0.3 is 5.91 Å². The second kappa shape index (κ2) is 9.68. The summed E-state index contributed by atoms with van der Waals surface area (Å²) in [6.07, 6.45) is 5.04. The Labute approximate surface area is 194 Å². The van der Waals surface area contributed by atoms with Gasteiger partial charge in [-0.3, -0.25) is 10.0 Å². The molecule has 11 heteroatoms. The highest BCUT2D eigenvalue weighted by molar-refractivity contribution is 7.20. The van der Waals surface area contributed by atoms with Gasteiger partial charge in [-0.1, -0.05) is 29.0 Å². The second-order valence-corrected chi connectivity index (χ2v) is 8.71. The molecule has 9 nitrogen and oxygen atoms in total. The Morgan fingerprint density at radius 2 is 2.19 bits per heavy atom. The smallest absolute Gasteiger partial charge is 0.320 e. The molecule has 1 amide bonds. The Balaban J connectivity index is 1.61. The third kappa shape index (κ3) is 4.62. The fourth-order valence-electron chi connectivity index (χ4n) is 3.50. The summed E-state index contributed by atoms with van der Waals surface area (Å²) in [4.78, 5) is 27.5. The third-order valence-corrected chi connectivity index (χ3v) is 6.58. The van der Waals surface area contributed by atoms with Gasteiger partial charge in [-0.2, -0.15) is 5.06 Å². The van der Waals surface area contributed by atoms with Gasteiger partial charge in [-0.25, -0.2) is 15.0 Å². The summed E-state index contributed by atoms with van der Waals surface area (Å²) in [6.45, 7) is 3.41. The molecule has 1 unspecified atom stereocenters. The lowest BCUT2D eigenvalue weighted by molar-refractivity contribution is 0.0846.